The number of carbonyl (C=O) groups is 1. The second kappa shape index (κ2) is 7.18. The first kappa shape index (κ1) is 11.5. The molecule has 0 saturated heterocycles. The third-order valence-corrected chi connectivity index (χ3v) is 1.44. The first-order valence-electron chi connectivity index (χ1n) is 4.17. The van der Waals surface area contributed by atoms with Gasteiger partial charge in [0.15, 0.2) is 6.29 Å². The summed E-state index contributed by atoms with van der Waals surface area (Å²) >= 11 is 0. The fourth-order valence-corrected chi connectivity index (χ4v) is 0.750. The number of hydrogen-bond donors (Lipinski definition) is 1. The van der Waals surface area contributed by atoms with Crippen molar-refractivity contribution in [3.8, 4) is 0 Å². The summed E-state index contributed by atoms with van der Waals surface area (Å²) in [7, 11) is 3.41. The standard InChI is InChI=1S/C6H15B2NO3/c7-4-6(12-8)11-5(10)2-1-3-9/h6H,1-4,7-9H2. The zero-order valence-electron chi connectivity index (χ0n) is 7.71. The molecule has 0 aliphatic carbocycles. The summed E-state index contributed by atoms with van der Waals surface area (Å²) in [6.07, 6.45) is 1.30. The quantitative estimate of drug-likeness (QED) is 0.291. The maximum absolute atomic E-state index is 11.0. The van der Waals surface area contributed by atoms with E-state index in [1.54, 1.807) is 0 Å². The van der Waals surface area contributed by atoms with E-state index in [2.05, 4.69) is 0 Å². The van der Waals surface area contributed by atoms with Crippen LogP contribution in [0.25, 0.3) is 0 Å². The molecule has 1 atom stereocenters. The van der Waals surface area contributed by atoms with Crippen LogP contribution in [0.2, 0.25) is 6.32 Å². The molecule has 0 saturated carbocycles. The maximum Gasteiger partial charge on any atom is 0.308 e. The fraction of sp³-hybridized carbons (Fsp3) is 0.833. The summed E-state index contributed by atoms with van der Waals surface area (Å²) in [5.74, 6) is -0.242. The van der Waals surface area contributed by atoms with E-state index in [-0.39, 0.29) is 5.97 Å². The average Bonchev–Trinajstić information content (AvgIpc) is 2.10. The number of ether oxygens (including phenoxy) is 1. The van der Waals surface area contributed by atoms with E-state index >= 15 is 0 Å². The molecule has 0 aliphatic rings. The van der Waals surface area contributed by atoms with Crippen molar-refractivity contribution in [2.75, 3.05) is 6.54 Å². The lowest BCUT2D eigenvalue weighted by Gasteiger charge is -2.14. The van der Waals surface area contributed by atoms with E-state index in [1.165, 1.54) is 8.05 Å². The van der Waals surface area contributed by atoms with Crippen molar-refractivity contribution in [1.82, 2.24) is 0 Å². The lowest BCUT2D eigenvalue weighted by Crippen LogP contribution is -2.20. The van der Waals surface area contributed by atoms with E-state index in [0.717, 1.165) is 0 Å². The lowest BCUT2D eigenvalue weighted by molar-refractivity contribution is -0.160. The Labute approximate surface area is 74.6 Å². The third kappa shape index (κ3) is 5.21. The number of esters is 1. The summed E-state index contributed by atoms with van der Waals surface area (Å²) in [5.41, 5.74) is 5.23. The minimum absolute atomic E-state index is 0.242. The Bertz CT molecular complexity index is 130. The molecule has 0 aliphatic heterocycles. The van der Waals surface area contributed by atoms with Gasteiger partial charge >= 0.3 is 5.97 Å². The van der Waals surface area contributed by atoms with Crippen LogP contribution in [0.1, 0.15) is 12.8 Å². The monoisotopic (exact) mass is 171 g/mol. The lowest BCUT2D eigenvalue weighted by atomic mass is 10.1. The highest BCUT2D eigenvalue weighted by molar-refractivity contribution is 6.09. The minimum atomic E-state index is -0.407. The molecule has 2 N–H and O–H groups in total. The Morgan fingerprint density at radius 2 is 2.25 bits per heavy atom. The van der Waals surface area contributed by atoms with Crippen LogP contribution in [0, 0.1) is 0 Å². The molecule has 0 amide bonds. The predicted molar refractivity (Wildman–Crippen MR) is 51.1 cm³/mol. The zero-order chi connectivity index (χ0) is 9.40. The topological polar surface area (TPSA) is 61.5 Å². The molecule has 0 rings (SSSR count). The van der Waals surface area contributed by atoms with Crippen molar-refractivity contribution >= 4 is 21.9 Å². The molecule has 0 aromatic heterocycles. The van der Waals surface area contributed by atoms with Crippen LogP contribution in [-0.4, -0.2) is 34.7 Å². The van der Waals surface area contributed by atoms with Crippen molar-refractivity contribution in [2.45, 2.75) is 25.5 Å². The van der Waals surface area contributed by atoms with Gasteiger partial charge in [0.2, 0.25) is 0 Å². The highest BCUT2D eigenvalue weighted by atomic mass is 16.7. The number of rotatable bonds is 6. The van der Waals surface area contributed by atoms with Crippen molar-refractivity contribution in [1.29, 1.82) is 0 Å². The molecule has 0 heterocycles. The number of carbonyl (C=O) groups excluding carboxylic acids is 1. The Kier molecular flexibility index (Phi) is 6.90. The molecular weight excluding hydrogens is 156 g/mol. The van der Waals surface area contributed by atoms with E-state index in [4.69, 9.17) is 15.1 Å². The van der Waals surface area contributed by atoms with Crippen LogP contribution in [0.3, 0.4) is 0 Å². The van der Waals surface area contributed by atoms with Crippen LogP contribution in [0.4, 0.5) is 0 Å². The highest BCUT2D eigenvalue weighted by Crippen LogP contribution is 2.00. The van der Waals surface area contributed by atoms with E-state index in [9.17, 15) is 4.79 Å². The molecule has 0 aromatic carbocycles. The van der Waals surface area contributed by atoms with Gasteiger partial charge in [-0.2, -0.15) is 0 Å². The van der Waals surface area contributed by atoms with Gasteiger partial charge in [-0.3, -0.25) is 4.79 Å². The summed E-state index contributed by atoms with van der Waals surface area (Å²) in [4.78, 5) is 11.0. The van der Waals surface area contributed by atoms with Crippen molar-refractivity contribution in [3.63, 3.8) is 0 Å². The second-order valence-electron chi connectivity index (χ2n) is 2.46. The van der Waals surface area contributed by atoms with Crippen molar-refractivity contribution in [3.05, 3.63) is 0 Å². The smallest absolute Gasteiger partial charge is 0.308 e. The molecule has 12 heavy (non-hydrogen) atoms. The van der Waals surface area contributed by atoms with Crippen LogP contribution in [-0.2, 0) is 14.2 Å². The van der Waals surface area contributed by atoms with Crippen LogP contribution < -0.4 is 5.73 Å². The third-order valence-electron chi connectivity index (χ3n) is 1.44. The minimum Gasteiger partial charge on any atom is -0.438 e. The van der Waals surface area contributed by atoms with Crippen LogP contribution in [0.15, 0.2) is 0 Å². The van der Waals surface area contributed by atoms with Gasteiger partial charge in [-0.25, -0.2) is 0 Å². The first-order valence-corrected chi connectivity index (χ1v) is 4.17. The van der Waals surface area contributed by atoms with Gasteiger partial charge in [-0.15, -0.1) is 0 Å². The van der Waals surface area contributed by atoms with Crippen molar-refractivity contribution in [2.24, 2.45) is 5.73 Å². The van der Waals surface area contributed by atoms with Gasteiger partial charge in [0.05, 0.1) is 0 Å². The first-order chi connectivity index (χ1) is 5.74. The van der Waals surface area contributed by atoms with Crippen molar-refractivity contribution < 1.29 is 14.2 Å². The molecule has 1 unspecified atom stereocenters. The Morgan fingerprint density at radius 3 is 2.67 bits per heavy atom. The Morgan fingerprint density at radius 1 is 1.58 bits per heavy atom. The molecular formula is C6H15B2NO3. The molecule has 68 valence electrons. The Balaban J connectivity index is 3.52. The van der Waals surface area contributed by atoms with Gasteiger partial charge in [0, 0.05) is 6.42 Å². The van der Waals surface area contributed by atoms with Gasteiger partial charge in [-0.05, 0) is 19.3 Å². The molecule has 0 fully saturated rings. The highest BCUT2D eigenvalue weighted by Gasteiger charge is 2.09. The normalized spacial score (nSPS) is 12.4. The Hall–Kier alpha value is -0.480. The zero-order valence-corrected chi connectivity index (χ0v) is 7.71. The van der Waals surface area contributed by atoms with Gasteiger partial charge in [0.1, 0.15) is 7.85 Å². The summed E-state index contributed by atoms with van der Waals surface area (Å²) in [6, 6.07) is 0. The molecule has 0 spiro atoms. The summed E-state index contributed by atoms with van der Waals surface area (Å²) < 4.78 is 9.81. The number of hydrogen-bond acceptors (Lipinski definition) is 4. The largest absolute Gasteiger partial charge is 0.438 e. The number of nitrogens with two attached hydrogens (primary N) is 1. The van der Waals surface area contributed by atoms with E-state index in [1.807, 2.05) is 7.85 Å². The fourth-order valence-electron chi connectivity index (χ4n) is 0.750. The van der Waals surface area contributed by atoms with E-state index in [0.29, 0.717) is 25.7 Å². The summed E-state index contributed by atoms with van der Waals surface area (Å²) in [6.45, 7) is 0.513. The van der Waals surface area contributed by atoms with Crippen LogP contribution in [0.5, 0.6) is 0 Å². The molecule has 0 aromatic rings. The molecule has 4 nitrogen and oxygen atoms in total. The maximum atomic E-state index is 11.0. The average molecular weight is 171 g/mol. The second-order valence-corrected chi connectivity index (χ2v) is 2.46. The van der Waals surface area contributed by atoms with Gasteiger partial charge in [0.25, 0.3) is 8.05 Å². The SMILES string of the molecule is BCC(OB)OC(=O)CCCN. The molecule has 0 radical (unpaired) electrons. The molecule has 6 heteroatoms. The molecule has 0 bridgehead atoms. The summed E-state index contributed by atoms with van der Waals surface area (Å²) in [5, 5.41) is 0. The van der Waals surface area contributed by atoms with Crippen LogP contribution >= 0.6 is 0 Å². The van der Waals surface area contributed by atoms with Gasteiger partial charge in [-0.1, -0.05) is 0 Å². The van der Waals surface area contributed by atoms with E-state index < -0.39 is 6.29 Å². The van der Waals surface area contributed by atoms with Gasteiger partial charge < -0.3 is 15.1 Å². The predicted octanol–water partition coefficient (Wildman–Crippen LogP) is -1.79.